The van der Waals surface area contributed by atoms with E-state index in [0.717, 1.165) is 5.39 Å². The lowest BCUT2D eigenvalue weighted by Crippen LogP contribution is -2.25. The van der Waals surface area contributed by atoms with Crippen LogP contribution in [0.25, 0.3) is 10.8 Å². The second-order valence-corrected chi connectivity index (χ2v) is 4.10. The predicted molar refractivity (Wildman–Crippen MR) is 65.0 cm³/mol. The molecular formula is C13H13NO3. The Morgan fingerprint density at radius 3 is 2.76 bits per heavy atom. The van der Waals surface area contributed by atoms with Gasteiger partial charge in [0, 0.05) is 18.1 Å². The van der Waals surface area contributed by atoms with Crippen molar-refractivity contribution in [2.45, 2.75) is 13.5 Å². The van der Waals surface area contributed by atoms with Crippen molar-refractivity contribution in [3.05, 3.63) is 46.9 Å². The summed E-state index contributed by atoms with van der Waals surface area (Å²) < 4.78 is 1.45. The summed E-state index contributed by atoms with van der Waals surface area (Å²) in [6.07, 6.45) is 1.64. The highest BCUT2D eigenvalue weighted by Gasteiger charge is 2.12. The molecule has 1 aromatic carbocycles. The van der Waals surface area contributed by atoms with Crippen molar-refractivity contribution >= 4 is 16.7 Å². The first-order valence-electron chi connectivity index (χ1n) is 5.40. The first-order valence-corrected chi connectivity index (χ1v) is 5.40. The molecule has 0 radical (unpaired) electrons. The van der Waals surface area contributed by atoms with Crippen LogP contribution in [0.1, 0.15) is 6.92 Å². The van der Waals surface area contributed by atoms with Gasteiger partial charge in [0.2, 0.25) is 0 Å². The number of benzene rings is 1. The summed E-state index contributed by atoms with van der Waals surface area (Å²) >= 11 is 0. The number of fused-ring (bicyclic) bond motifs is 1. The van der Waals surface area contributed by atoms with Gasteiger partial charge < -0.3 is 9.67 Å². The summed E-state index contributed by atoms with van der Waals surface area (Å²) in [4.78, 5) is 22.8. The lowest BCUT2D eigenvalue weighted by molar-refractivity contribution is -0.141. The van der Waals surface area contributed by atoms with E-state index >= 15 is 0 Å². The SMILES string of the molecule is CC(Cn1ccc2ccccc2c1=O)C(=O)O. The number of carbonyl (C=O) groups is 1. The maximum Gasteiger partial charge on any atom is 0.308 e. The maximum absolute atomic E-state index is 12.1. The third-order valence-electron chi connectivity index (χ3n) is 2.78. The minimum absolute atomic E-state index is 0.142. The topological polar surface area (TPSA) is 59.3 Å². The van der Waals surface area contributed by atoms with E-state index in [0.29, 0.717) is 5.39 Å². The Kier molecular flexibility index (Phi) is 2.95. The van der Waals surface area contributed by atoms with Crippen molar-refractivity contribution in [3.63, 3.8) is 0 Å². The Morgan fingerprint density at radius 2 is 2.06 bits per heavy atom. The van der Waals surface area contributed by atoms with Crippen LogP contribution in [0.3, 0.4) is 0 Å². The van der Waals surface area contributed by atoms with Gasteiger partial charge in [0.15, 0.2) is 0 Å². The molecule has 0 amide bonds. The monoisotopic (exact) mass is 231 g/mol. The third-order valence-corrected chi connectivity index (χ3v) is 2.78. The van der Waals surface area contributed by atoms with E-state index in [1.807, 2.05) is 18.2 Å². The van der Waals surface area contributed by atoms with Gasteiger partial charge in [-0.2, -0.15) is 0 Å². The predicted octanol–water partition coefficient (Wildman–Crippen LogP) is 1.72. The van der Waals surface area contributed by atoms with Gasteiger partial charge in [0.25, 0.3) is 5.56 Å². The molecule has 0 aliphatic carbocycles. The molecule has 4 heteroatoms. The molecule has 1 N–H and O–H groups in total. The summed E-state index contributed by atoms with van der Waals surface area (Å²) in [5.41, 5.74) is -0.142. The molecule has 0 aliphatic heterocycles. The standard InChI is InChI=1S/C13H13NO3/c1-9(13(16)17)8-14-7-6-10-4-2-3-5-11(10)12(14)15/h2-7,9H,8H2,1H3,(H,16,17). The van der Waals surface area contributed by atoms with Crippen molar-refractivity contribution in [1.82, 2.24) is 4.57 Å². The zero-order chi connectivity index (χ0) is 12.4. The molecule has 1 heterocycles. The van der Waals surface area contributed by atoms with Crippen LogP contribution < -0.4 is 5.56 Å². The Balaban J connectivity index is 2.46. The van der Waals surface area contributed by atoms with Crippen LogP contribution in [0, 0.1) is 5.92 Å². The van der Waals surface area contributed by atoms with Gasteiger partial charge in [0.05, 0.1) is 5.92 Å². The zero-order valence-electron chi connectivity index (χ0n) is 9.46. The van der Waals surface area contributed by atoms with E-state index in [1.165, 1.54) is 4.57 Å². The quantitative estimate of drug-likeness (QED) is 0.875. The van der Waals surface area contributed by atoms with Gasteiger partial charge in [-0.15, -0.1) is 0 Å². The minimum atomic E-state index is -0.898. The van der Waals surface area contributed by atoms with Crippen LogP contribution in [0.4, 0.5) is 0 Å². The molecular weight excluding hydrogens is 218 g/mol. The molecule has 2 aromatic rings. The Hall–Kier alpha value is -2.10. The maximum atomic E-state index is 12.1. The number of carboxylic acids is 1. The average molecular weight is 231 g/mol. The van der Waals surface area contributed by atoms with Crippen molar-refractivity contribution in [2.75, 3.05) is 0 Å². The van der Waals surface area contributed by atoms with Crippen LogP contribution >= 0.6 is 0 Å². The Labute approximate surface area is 98.1 Å². The van der Waals surface area contributed by atoms with Crippen LogP contribution in [0.2, 0.25) is 0 Å². The highest BCUT2D eigenvalue weighted by atomic mass is 16.4. The van der Waals surface area contributed by atoms with Crippen molar-refractivity contribution in [1.29, 1.82) is 0 Å². The normalized spacial score (nSPS) is 12.5. The second-order valence-electron chi connectivity index (χ2n) is 4.10. The molecule has 0 saturated carbocycles. The highest BCUT2D eigenvalue weighted by Crippen LogP contribution is 2.09. The molecule has 2 rings (SSSR count). The Morgan fingerprint density at radius 1 is 1.35 bits per heavy atom. The lowest BCUT2D eigenvalue weighted by Gasteiger charge is -2.10. The van der Waals surface area contributed by atoms with Crippen molar-refractivity contribution in [2.24, 2.45) is 5.92 Å². The molecule has 88 valence electrons. The molecule has 0 fully saturated rings. The summed E-state index contributed by atoms with van der Waals surface area (Å²) in [5, 5.41) is 10.3. The van der Waals surface area contributed by atoms with Crippen LogP contribution in [-0.2, 0) is 11.3 Å². The second kappa shape index (κ2) is 4.41. The molecule has 0 spiro atoms. The lowest BCUT2D eigenvalue weighted by atomic mass is 10.1. The molecule has 0 bridgehead atoms. The first-order chi connectivity index (χ1) is 8.09. The van der Waals surface area contributed by atoms with Crippen LogP contribution in [-0.4, -0.2) is 15.6 Å². The van der Waals surface area contributed by atoms with E-state index in [2.05, 4.69) is 0 Å². The number of nitrogens with zero attached hydrogens (tertiary/aromatic N) is 1. The van der Waals surface area contributed by atoms with E-state index in [9.17, 15) is 9.59 Å². The van der Waals surface area contributed by atoms with Crippen LogP contribution in [0.15, 0.2) is 41.3 Å². The largest absolute Gasteiger partial charge is 0.481 e. The number of rotatable bonds is 3. The van der Waals surface area contributed by atoms with Gasteiger partial charge in [-0.25, -0.2) is 0 Å². The number of carboxylic acid groups (broad SMARTS) is 1. The third kappa shape index (κ3) is 2.20. The molecule has 1 atom stereocenters. The number of aromatic nitrogens is 1. The van der Waals surface area contributed by atoms with Gasteiger partial charge in [-0.1, -0.05) is 25.1 Å². The fourth-order valence-corrected chi connectivity index (χ4v) is 1.75. The molecule has 1 unspecified atom stereocenters. The Bertz CT molecular complexity index is 615. The summed E-state index contributed by atoms with van der Waals surface area (Å²) in [6, 6.07) is 9.10. The number of hydrogen-bond donors (Lipinski definition) is 1. The van der Waals surface area contributed by atoms with Gasteiger partial charge in [-0.3, -0.25) is 9.59 Å². The van der Waals surface area contributed by atoms with E-state index in [-0.39, 0.29) is 12.1 Å². The molecule has 0 aliphatic rings. The number of pyridine rings is 1. The van der Waals surface area contributed by atoms with Crippen molar-refractivity contribution < 1.29 is 9.90 Å². The first kappa shape index (κ1) is 11.4. The smallest absolute Gasteiger partial charge is 0.308 e. The minimum Gasteiger partial charge on any atom is -0.481 e. The van der Waals surface area contributed by atoms with Gasteiger partial charge in [-0.05, 0) is 17.5 Å². The molecule has 0 saturated heterocycles. The number of hydrogen-bond acceptors (Lipinski definition) is 2. The fourth-order valence-electron chi connectivity index (χ4n) is 1.75. The molecule has 4 nitrogen and oxygen atoms in total. The number of aliphatic carboxylic acids is 1. The van der Waals surface area contributed by atoms with Gasteiger partial charge in [0.1, 0.15) is 0 Å². The van der Waals surface area contributed by atoms with Crippen molar-refractivity contribution in [3.8, 4) is 0 Å². The van der Waals surface area contributed by atoms with Crippen LogP contribution in [0.5, 0.6) is 0 Å². The van der Waals surface area contributed by atoms with E-state index < -0.39 is 11.9 Å². The average Bonchev–Trinajstić information content (AvgIpc) is 2.33. The molecule has 1 aromatic heterocycles. The van der Waals surface area contributed by atoms with E-state index in [1.54, 1.807) is 25.3 Å². The summed E-state index contributed by atoms with van der Waals surface area (Å²) in [6.45, 7) is 1.78. The summed E-state index contributed by atoms with van der Waals surface area (Å²) in [7, 11) is 0. The molecule has 17 heavy (non-hydrogen) atoms. The zero-order valence-corrected chi connectivity index (χ0v) is 9.46. The fraction of sp³-hybridized carbons (Fsp3) is 0.231. The highest BCUT2D eigenvalue weighted by molar-refractivity contribution is 5.81. The van der Waals surface area contributed by atoms with E-state index in [4.69, 9.17) is 5.11 Å². The van der Waals surface area contributed by atoms with Gasteiger partial charge >= 0.3 is 5.97 Å². The summed E-state index contributed by atoms with van der Waals surface area (Å²) in [5.74, 6) is -1.47.